The summed E-state index contributed by atoms with van der Waals surface area (Å²) >= 11 is 6.12. The standard InChI is InChI=1S/C17H21ClN4O2/c1-4-22(5-2)17(24)15(12-9-7-6-8-10-12)20-13-11-19-21(3)16(23)14(13)18/h6-11,15,20H,4-5H2,1-3H3/t15-/m1/s1. The molecule has 0 spiro atoms. The van der Waals surface area contributed by atoms with Crippen molar-refractivity contribution in [3.63, 3.8) is 0 Å². The summed E-state index contributed by atoms with van der Waals surface area (Å²) in [6.07, 6.45) is 1.45. The van der Waals surface area contributed by atoms with Gasteiger partial charge in [0, 0.05) is 20.1 Å². The van der Waals surface area contributed by atoms with Crippen molar-refractivity contribution in [1.82, 2.24) is 14.7 Å². The van der Waals surface area contributed by atoms with E-state index in [0.717, 1.165) is 10.2 Å². The molecule has 0 unspecified atom stereocenters. The highest BCUT2D eigenvalue weighted by molar-refractivity contribution is 6.33. The molecule has 1 atom stereocenters. The van der Waals surface area contributed by atoms with Crippen LogP contribution in [-0.2, 0) is 11.8 Å². The van der Waals surface area contributed by atoms with Crippen LogP contribution < -0.4 is 10.9 Å². The molecule has 6 nitrogen and oxygen atoms in total. The minimum absolute atomic E-state index is 0.0146. The van der Waals surface area contributed by atoms with Crippen molar-refractivity contribution in [3.05, 3.63) is 57.5 Å². The van der Waals surface area contributed by atoms with Gasteiger partial charge in [0.2, 0.25) is 5.91 Å². The molecule has 0 radical (unpaired) electrons. The fraction of sp³-hybridized carbons (Fsp3) is 0.353. The first kappa shape index (κ1) is 18.0. The number of likely N-dealkylation sites (N-methyl/N-ethyl adjacent to an activating group) is 1. The molecular weight excluding hydrogens is 328 g/mol. The van der Waals surface area contributed by atoms with Crippen LogP contribution in [0.5, 0.6) is 0 Å². The molecule has 1 aromatic carbocycles. The normalized spacial score (nSPS) is 11.8. The molecule has 24 heavy (non-hydrogen) atoms. The molecule has 128 valence electrons. The van der Waals surface area contributed by atoms with Crippen LogP contribution in [0.4, 0.5) is 5.69 Å². The first-order valence-corrected chi connectivity index (χ1v) is 8.19. The molecule has 0 aliphatic carbocycles. The summed E-state index contributed by atoms with van der Waals surface area (Å²) in [6, 6.07) is 8.70. The van der Waals surface area contributed by atoms with Crippen LogP contribution in [0.1, 0.15) is 25.5 Å². The van der Waals surface area contributed by atoms with E-state index in [9.17, 15) is 9.59 Å². The second-order valence-corrected chi connectivity index (χ2v) is 5.68. The molecular formula is C17H21ClN4O2. The second-order valence-electron chi connectivity index (χ2n) is 5.30. The van der Waals surface area contributed by atoms with Gasteiger partial charge in [-0.25, -0.2) is 4.68 Å². The molecule has 0 bridgehead atoms. The topological polar surface area (TPSA) is 67.2 Å². The largest absolute Gasteiger partial charge is 0.367 e. The van der Waals surface area contributed by atoms with Crippen molar-refractivity contribution >= 4 is 23.2 Å². The lowest BCUT2D eigenvalue weighted by atomic mass is 10.1. The van der Waals surface area contributed by atoms with Crippen LogP contribution in [0.2, 0.25) is 5.02 Å². The Labute approximate surface area is 146 Å². The molecule has 1 aromatic heterocycles. The van der Waals surface area contributed by atoms with Gasteiger partial charge in [-0.05, 0) is 19.4 Å². The zero-order valence-corrected chi connectivity index (χ0v) is 14.7. The van der Waals surface area contributed by atoms with Crippen LogP contribution in [0.25, 0.3) is 0 Å². The van der Waals surface area contributed by atoms with Crippen molar-refractivity contribution < 1.29 is 4.79 Å². The maximum Gasteiger partial charge on any atom is 0.287 e. The van der Waals surface area contributed by atoms with Crippen molar-refractivity contribution in [2.75, 3.05) is 18.4 Å². The molecule has 2 aromatic rings. The van der Waals surface area contributed by atoms with Gasteiger partial charge in [-0.2, -0.15) is 5.10 Å². The Morgan fingerprint density at radius 3 is 2.50 bits per heavy atom. The van der Waals surface area contributed by atoms with Gasteiger partial charge in [-0.1, -0.05) is 41.9 Å². The summed E-state index contributed by atoms with van der Waals surface area (Å²) in [4.78, 5) is 26.6. The van der Waals surface area contributed by atoms with E-state index in [1.54, 1.807) is 4.90 Å². The quantitative estimate of drug-likeness (QED) is 0.870. The molecule has 2 rings (SSSR count). The number of nitrogens with zero attached hydrogens (tertiary/aromatic N) is 3. The first-order chi connectivity index (χ1) is 11.5. The fourth-order valence-electron chi connectivity index (χ4n) is 2.42. The molecule has 0 saturated heterocycles. The monoisotopic (exact) mass is 348 g/mol. The number of hydrogen-bond acceptors (Lipinski definition) is 4. The molecule has 1 heterocycles. The van der Waals surface area contributed by atoms with Crippen LogP contribution in [0.3, 0.4) is 0 Å². The zero-order valence-electron chi connectivity index (χ0n) is 14.0. The highest BCUT2D eigenvalue weighted by Gasteiger charge is 2.25. The summed E-state index contributed by atoms with van der Waals surface area (Å²) in [5, 5.41) is 7.06. The molecule has 7 heteroatoms. The van der Waals surface area contributed by atoms with E-state index in [0.29, 0.717) is 18.8 Å². The van der Waals surface area contributed by atoms with Gasteiger partial charge in [-0.15, -0.1) is 0 Å². The van der Waals surface area contributed by atoms with E-state index in [2.05, 4.69) is 10.4 Å². The first-order valence-electron chi connectivity index (χ1n) is 7.81. The summed E-state index contributed by atoms with van der Waals surface area (Å²) < 4.78 is 1.15. The lowest BCUT2D eigenvalue weighted by Gasteiger charge is -2.27. The van der Waals surface area contributed by atoms with Gasteiger partial charge in [-0.3, -0.25) is 9.59 Å². The third-order valence-corrected chi connectivity index (χ3v) is 4.20. The number of hydrogen-bond donors (Lipinski definition) is 1. The lowest BCUT2D eigenvalue weighted by Crippen LogP contribution is -2.38. The maximum absolute atomic E-state index is 12.9. The van der Waals surface area contributed by atoms with E-state index in [4.69, 9.17) is 11.6 Å². The van der Waals surface area contributed by atoms with Crippen LogP contribution in [-0.4, -0.2) is 33.7 Å². The third-order valence-electron chi connectivity index (χ3n) is 3.83. The Kier molecular flexibility index (Phi) is 5.98. The Morgan fingerprint density at radius 1 is 1.29 bits per heavy atom. The van der Waals surface area contributed by atoms with Gasteiger partial charge in [0.1, 0.15) is 11.1 Å². The van der Waals surface area contributed by atoms with Crippen LogP contribution >= 0.6 is 11.6 Å². The number of carbonyl (C=O) groups is 1. The number of halogens is 1. The predicted molar refractivity (Wildman–Crippen MR) is 95.2 cm³/mol. The smallest absolute Gasteiger partial charge is 0.287 e. The van der Waals surface area contributed by atoms with E-state index in [-0.39, 0.29) is 10.9 Å². The second kappa shape index (κ2) is 7.97. The average molecular weight is 349 g/mol. The highest BCUT2D eigenvalue weighted by atomic mass is 35.5. The molecule has 1 amide bonds. The van der Waals surface area contributed by atoms with E-state index in [1.807, 2.05) is 44.2 Å². The number of aromatic nitrogens is 2. The number of amides is 1. The van der Waals surface area contributed by atoms with Gasteiger partial charge in [0.15, 0.2) is 0 Å². The van der Waals surface area contributed by atoms with Crippen molar-refractivity contribution in [1.29, 1.82) is 0 Å². The Morgan fingerprint density at radius 2 is 1.92 bits per heavy atom. The van der Waals surface area contributed by atoms with Gasteiger partial charge >= 0.3 is 0 Å². The molecule has 0 fully saturated rings. The van der Waals surface area contributed by atoms with E-state index < -0.39 is 11.6 Å². The van der Waals surface area contributed by atoms with Gasteiger partial charge in [0.05, 0.1) is 11.9 Å². The Hall–Kier alpha value is -2.34. The summed E-state index contributed by atoms with van der Waals surface area (Å²) in [5.41, 5.74) is 0.726. The van der Waals surface area contributed by atoms with E-state index in [1.165, 1.54) is 13.2 Å². The fourth-order valence-corrected chi connectivity index (χ4v) is 2.64. The van der Waals surface area contributed by atoms with Crippen molar-refractivity contribution in [3.8, 4) is 0 Å². The Bertz CT molecular complexity index is 757. The van der Waals surface area contributed by atoms with Crippen LogP contribution in [0.15, 0.2) is 41.3 Å². The molecule has 0 aliphatic rings. The number of anilines is 1. The van der Waals surface area contributed by atoms with Crippen molar-refractivity contribution in [2.45, 2.75) is 19.9 Å². The SMILES string of the molecule is CCN(CC)C(=O)[C@H](Nc1cnn(C)c(=O)c1Cl)c1ccccc1. The van der Waals surface area contributed by atoms with Crippen LogP contribution in [0, 0.1) is 0 Å². The Balaban J connectivity index is 2.42. The molecule has 1 N–H and O–H groups in total. The number of benzene rings is 1. The predicted octanol–water partition coefficient (Wildman–Crippen LogP) is 2.46. The summed E-state index contributed by atoms with van der Waals surface area (Å²) in [6.45, 7) is 5.05. The maximum atomic E-state index is 12.9. The summed E-state index contributed by atoms with van der Waals surface area (Å²) in [5.74, 6) is -0.0806. The third kappa shape index (κ3) is 3.76. The zero-order chi connectivity index (χ0) is 17.7. The lowest BCUT2D eigenvalue weighted by molar-refractivity contribution is -0.131. The number of nitrogens with one attached hydrogen (secondary N) is 1. The summed E-state index contributed by atoms with van der Waals surface area (Å²) in [7, 11) is 1.52. The number of aryl methyl sites for hydroxylation is 1. The highest BCUT2D eigenvalue weighted by Crippen LogP contribution is 2.24. The minimum atomic E-state index is -0.641. The molecule has 0 aliphatic heterocycles. The average Bonchev–Trinajstić information content (AvgIpc) is 2.61. The van der Waals surface area contributed by atoms with Gasteiger partial charge < -0.3 is 10.2 Å². The van der Waals surface area contributed by atoms with Gasteiger partial charge in [0.25, 0.3) is 5.56 Å². The van der Waals surface area contributed by atoms with Crippen molar-refractivity contribution in [2.24, 2.45) is 7.05 Å². The van der Waals surface area contributed by atoms with E-state index >= 15 is 0 Å². The molecule has 0 saturated carbocycles. The number of rotatable bonds is 6. The number of carbonyl (C=O) groups excluding carboxylic acids is 1. The minimum Gasteiger partial charge on any atom is -0.367 e.